The highest BCUT2D eigenvalue weighted by Gasteiger charge is 2.08. The third kappa shape index (κ3) is 57.1. The average Bonchev–Trinajstić information content (AvgIpc) is 1.98. The maximum Gasteiger partial charge on any atom is 0.261 e. The van der Waals surface area contributed by atoms with E-state index in [9.17, 15) is 16.8 Å². The fourth-order valence-electron chi connectivity index (χ4n) is 0.479. The molecule has 0 heterocycles. The van der Waals surface area contributed by atoms with Crippen molar-refractivity contribution in [2.45, 2.75) is 13.8 Å². The highest BCUT2D eigenvalue weighted by molar-refractivity contribution is 7.85. The van der Waals surface area contributed by atoms with Crippen molar-refractivity contribution in [3.8, 4) is 0 Å². The minimum absolute atomic E-state index is 0.0648. The largest absolute Gasteiger partial charge is 0.396 e. The molecule has 0 rings (SSSR count). The third-order valence-electron chi connectivity index (χ3n) is 1.41. The molecule has 0 aromatic carbocycles. The Morgan fingerprint density at radius 3 is 1.00 bits per heavy atom. The van der Waals surface area contributed by atoms with Crippen LogP contribution in [0.15, 0.2) is 0 Å². The zero-order valence-corrected chi connectivity index (χ0v) is 12.4. The first kappa shape index (κ1) is 22.9. The van der Waals surface area contributed by atoms with Crippen molar-refractivity contribution in [2.24, 2.45) is 11.8 Å². The number of aliphatic hydroxyl groups excluding tert-OH is 2. The highest BCUT2D eigenvalue weighted by atomic mass is 32.2. The second kappa shape index (κ2) is 10.6. The van der Waals surface area contributed by atoms with Gasteiger partial charge in [0.2, 0.25) is 0 Å². The molecule has 18 heavy (non-hydrogen) atoms. The second-order valence-corrected chi connectivity index (χ2v) is 6.77. The number of hydrogen-bond acceptors (Lipinski definition) is 6. The fraction of sp³-hybridized carbons (Fsp3) is 1.00. The van der Waals surface area contributed by atoms with Gasteiger partial charge in [0, 0.05) is 19.1 Å². The summed E-state index contributed by atoms with van der Waals surface area (Å²) in [5, 5.41) is 17.1. The maximum atomic E-state index is 9.19. The molecule has 10 heteroatoms. The van der Waals surface area contributed by atoms with Crippen LogP contribution in [0, 0.1) is 11.8 Å². The van der Waals surface area contributed by atoms with E-state index in [4.69, 9.17) is 19.3 Å². The Kier molecular flexibility index (Phi) is 13.5. The van der Waals surface area contributed by atoms with Crippen molar-refractivity contribution in [3.63, 3.8) is 0 Å². The van der Waals surface area contributed by atoms with E-state index in [-0.39, 0.29) is 19.1 Å². The zero-order valence-electron chi connectivity index (χ0n) is 10.8. The molecule has 4 N–H and O–H groups in total. The smallest absolute Gasteiger partial charge is 0.261 e. The Bertz CT molecular complexity index is 320. The minimum atomic E-state index is -3.67. The molecule has 0 saturated heterocycles. The van der Waals surface area contributed by atoms with Crippen LogP contribution in [0.3, 0.4) is 0 Å². The summed E-state index contributed by atoms with van der Waals surface area (Å²) in [4.78, 5) is 0. The molecule has 0 aliphatic rings. The fourth-order valence-corrected chi connectivity index (χ4v) is 0.479. The predicted molar refractivity (Wildman–Crippen MR) is 67.4 cm³/mol. The Balaban J connectivity index is -0.000000197. The first-order valence-electron chi connectivity index (χ1n) is 4.79. The molecule has 0 spiro atoms. The molecular weight excluding hydrogens is 288 g/mol. The van der Waals surface area contributed by atoms with Crippen LogP contribution in [0.4, 0.5) is 0 Å². The summed E-state index contributed by atoms with van der Waals surface area (Å²) < 4.78 is 51.7. The van der Waals surface area contributed by atoms with Gasteiger partial charge >= 0.3 is 0 Å². The molecule has 0 aliphatic carbocycles. The van der Waals surface area contributed by atoms with Crippen LogP contribution in [0.1, 0.15) is 13.8 Å². The summed E-state index contributed by atoms with van der Waals surface area (Å²) in [7, 11) is -7.33. The summed E-state index contributed by atoms with van der Waals surface area (Å²) >= 11 is 0. The molecule has 0 atom stereocenters. The van der Waals surface area contributed by atoms with Gasteiger partial charge in [-0.3, -0.25) is 9.11 Å². The molecule has 0 bridgehead atoms. The first-order valence-corrected chi connectivity index (χ1v) is 8.48. The Morgan fingerprint density at radius 1 is 0.833 bits per heavy atom. The molecule has 0 amide bonds. The van der Waals surface area contributed by atoms with Gasteiger partial charge in [0.15, 0.2) is 0 Å². The van der Waals surface area contributed by atoms with Gasteiger partial charge < -0.3 is 10.2 Å². The molecule has 0 saturated carbocycles. The van der Waals surface area contributed by atoms with E-state index in [1.165, 1.54) is 0 Å². The van der Waals surface area contributed by atoms with Crippen molar-refractivity contribution in [1.29, 1.82) is 0 Å². The Hall–Kier alpha value is -0.260. The molecule has 0 fully saturated rings. The molecule has 0 unspecified atom stereocenters. The first-order chi connectivity index (χ1) is 7.72. The van der Waals surface area contributed by atoms with E-state index in [1.807, 2.05) is 13.8 Å². The topological polar surface area (TPSA) is 149 Å². The minimum Gasteiger partial charge on any atom is -0.396 e. The molecular formula is C8H22O8S2. The van der Waals surface area contributed by atoms with Gasteiger partial charge in [-0.2, -0.15) is 16.8 Å². The molecule has 0 aromatic rings. The van der Waals surface area contributed by atoms with Crippen molar-refractivity contribution in [2.75, 3.05) is 25.7 Å². The monoisotopic (exact) mass is 310 g/mol. The normalized spacial score (nSPS) is 11.4. The van der Waals surface area contributed by atoms with Crippen LogP contribution in [0.25, 0.3) is 0 Å². The van der Waals surface area contributed by atoms with Crippen LogP contribution in [0.2, 0.25) is 0 Å². The van der Waals surface area contributed by atoms with E-state index in [2.05, 4.69) is 0 Å². The van der Waals surface area contributed by atoms with Crippen molar-refractivity contribution >= 4 is 20.2 Å². The van der Waals surface area contributed by atoms with Gasteiger partial charge in [-0.1, -0.05) is 13.8 Å². The summed E-state index contributed by atoms with van der Waals surface area (Å²) in [5.41, 5.74) is 0. The number of rotatable bonds is 3. The summed E-state index contributed by atoms with van der Waals surface area (Å²) in [6, 6.07) is 0. The van der Waals surface area contributed by atoms with Gasteiger partial charge in [-0.25, -0.2) is 0 Å². The van der Waals surface area contributed by atoms with Gasteiger partial charge in [-0.05, 0) is 5.92 Å². The summed E-state index contributed by atoms with van der Waals surface area (Å²) in [6.07, 6.45) is 1.43. The summed E-state index contributed by atoms with van der Waals surface area (Å²) in [5.74, 6) is 0.444. The van der Waals surface area contributed by atoms with Crippen LogP contribution in [-0.4, -0.2) is 61.9 Å². The van der Waals surface area contributed by atoms with E-state index in [1.54, 1.807) is 0 Å². The maximum absolute atomic E-state index is 9.19. The average molecular weight is 310 g/mol. The van der Waals surface area contributed by atoms with Crippen LogP contribution in [-0.2, 0) is 20.2 Å². The van der Waals surface area contributed by atoms with Gasteiger partial charge in [0.1, 0.15) is 0 Å². The predicted octanol–water partition coefficient (Wildman–Crippen LogP) is -0.749. The Morgan fingerprint density at radius 2 is 1.00 bits per heavy atom. The van der Waals surface area contributed by atoms with Crippen molar-refractivity contribution in [1.82, 2.24) is 0 Å². The second-order valence-electron chi connectivity index (χ2n) is 3.84. The third-order valence-corrected chi connectivity index (χ3v) is 1.41. The van der Waals surface area contributed by atoms with Gasteiger partial charge in [0.05, 0.1) is 12.5 Å². The van der Waals surface area contributed by atoms with Gasteiger partial charge in [-0.15, -0.1) is 0 Å². The van der Waals surface area contributed by atoms with Crippen molar-refractivity contribution in [3.05, 3.63) is 0 Å². The van der Waals surface area contributed by atoms with Crippen LogP contribution in [0.5, 0.6) is 0 Å². The number of aliphatic hydroxyl groups is 2. The SMILES string of the molecule is CC(C)C(CO)CO.CS(=O)(=O)O.CS(=O)(=O)O. The van der Waals surface area contributed by atoms with E-state index < -0.39 is 20.2 Å². The highest BCUT2D eigenvalue weighted by Crippen LogP contribution is 2.07. The quantitative estimate of drug-likeness (QED) is 0.497. The molecule has 0 aliphatic heterocycles. The van der Waals surface area contributed by atoms with Crippen LogP contribution >= 0.6 is 0 Å². The molecule has 0 aromatic heterocycles. The lowest BCUT2D eigenvalue weighted by atomic mass is 9.98. The Labute approximate surface area is 108 Å². The zero-order chi connectivity index (χ0) is 15.6. The summed E-state index contributed by atoms with van der Waals surface area (Å²) in [6.45, 7) is 4.15. The number of hydrogen-bond donors (Lipinski definition) is 4. The lowest BCUT2D eigenvalue weighted by Gasteiger charge is -2.13. The molecule has 114 valence electrons. The standard InChI is InChI=1S/C6H14O2.2CH4O3S/c1-5(2)6(3-7)4-8;2*1-5(2,3)4/h5-8H,3-4H2,1-2H3;2*1H3,(H,2,3,4). The van der Waals surface area contributed by atoms with Gasteiger partial charge in [0.25, 0.3) is 20.2 Å². The van der Waals surface area contributed by atoms with Crippen molar-refractivity contribution < 1.29 is 36.2 Å². The molecule has 0 radical (unpaired) electrons. The lowest BCUT2D eigenvalue weighted by Crippen LogP contribution is -2.17. The van der Waals surface area contributed by atoms with E-state index >= 15 is 0 Å². The van der Waals surface area contributed by atoms with E-state index in [0.717, 1.165) is 0 Å². The molecule has 8 nitrogen and oxygen atoms in total. The van der Waals surface area contributed by atoms with Crippen LogP contribution < -0.4 is 0 Å². The van der Waals surface area contributed by atoms with E-state index in [0.29, 0.717) is 18.4 Å². The lowest BCUT2D eigenvalue weighted by molar-refractivity contribution is 0.118.